The molecular weight excluding hydrogens is 296 g/mol. The highest BCUT2D eigenvalue weighted by atomic mass is 16.5. The second-order valence-electron chi connectivity index (χ2n) is 5.20. The average molecular weight is 322 g/mol. The third-order valence-electron chi connectivity index (χ3n) is 3.58. The molecule has 6 nitrogen and oxygen atoms in total. The summed E-state index contributed by atoms with van der Waals surface area (Å²) < 4.78 is 10.7. The molecule has 128 valence electrons. The first-order valence-electron chi connectivity index (χ1n) is 7.76. The topological polar surface area (TPSA) is 59.1 Å². The summed E-state index contributed by atoms with van der Waals surface area (Å²) in [5.74, 6) is 0.997. The van der Waals surface area contributed by atoms with Crippen LogP contribution < -0.4 is 9.47 Å². The Morgan fingerprint density at radius 2 is 1.61 bits per heavy atom. The van der Waals surface area contributed by atoms with Crippen molar-refractivity contribution in [2.24, 2.45) is 0 Å². The summed E-state index contributed by atoms with van der Waals surface area (Å²) in [4.78, 5) is 27.5. The molecule has 0 saturated heterocycles. The molecule has 0 aromatic heterocycles. The maximum atomic E-state index is 12.3. The maximum absolute atomic E-state index is 12.3. The first-order chi connectivity index (χ1) is 10.9. The fourth-order valence-corrected chi connectivity index (χ4v) is 2.18. The number of rotatable bonds is 8. The first-order valence-corrected chi connectivity index (χ1v) is 7.76. The van der Waals surface area contributed by atoms with Crippen molar-refractivity contribution in [2.45, 2.75) is 26.9 Å². The summed E-state index contributed by atoms with van der Waals surface area (Å²) in [6, 6.07) is 7.01. The van der Waals surface area contributed by atoms with E-state index in [1.54, 1.807) is 50.2 Å². The van der Waals surface area contributed by atoms with Crippen molar-refractivity contribution in [3.8, 4) is 11.5 Å². The van der Waals surface area contributed by atoms with Gasteiger partial charge in [0.1, 0.15) is 11.5 Å². The van der Waals surface area contributed by atoms with E-state index < -0.39 is 6.10 Å². The molecule has 1 unspecified atom stereocenters. The van der Waals surface area contributed by atoms with E-state index >= 15 is 0 Å². The third-order valence-corrected chi connectivity index (χ3v) is 3.58. The highest BCUT2D eigenvalue weighted by molar-refractivity contribution is 5.86. The molecule has 0 aliphatic rings. The molecule has 0 heterocycles. The van der Waals surface area contributed by atoms with Crippen LogP contribution in [-0.2, 0) is 9.59 Å². The van der Waals surface area contributed by atoms with E-state index in [4.69, 9.17) is 9.47 Å². The monoisotopic (exact) mass is 322 g/mol. The standard InChI is InChI=1S/C17H26N2O4/c1-6-19(7-2)16(20)12-18(4)17(21)13(3)23-15-10-8-14(22-5)9-11-15/h8-11,13H,6-7,12H2,1-5H3. The maximum Gasteiger partial charge on any atom is 0.263 e. The minimum absolute atomic E-state index is 0.0524. The Labute approximate surface area is 138 Å². The van der Waals surface area contributed by atoms with E-state index in [1.165, 1.54) is 4.90 Å². The number of hydrogen-bond acceptors (Lipinski definition) is 4. The van der Waals surface area contributed by atoms with Gasteiger partial charge in [-0.25, -0.2) is 0 Å². The quantitative estimate of drug-likeness (QED) is 0.732. The molecule has 1 aromatic rings. The van der Waals surface area contributed by atoms with Crippen LogP contribution in [0.2, 0.25) is 0 Å². The Balaban J connectivity index is 2.59. The molecule has 0 bridgehead atoms. The lowest BCUT2D eigenvalue weighted by Crippen LogP contribution is -2.45. The minimum Gasteiger partial charge on any atom is -0.497 e. The summed E-state index contributed by atoms with van der Waals surface area (Å²) in [5, 5.41) is 0. The van der Waals surface area contributed by atoms with Gasteiger partial charge >= 0.3 is 0 Å². The van der Waals surface area contributed by atoms with E-state index in [1.807, 2.05) is 13.8 Å². The molecule has 0 spiro atoms. The zero-order chi connectivity index (χ0) is 17.4. The van der Waals surface area contributed by atoms with E-state index in [0.717, 1.165) is 5.75 Å². The number of hydrogen-bond donors (Lipinski definition) is 0. The van der Waals surface area contributed by atoms with Crippen LogP contribution >= 0.6 is 0 Å². The second kappa shape index (κ2) is 9.02. The predicted octanol–water partition coefficient (Wildman–Crippen LogP) is 1.79. The Hall–Kier alpha value is -2.24. The molecule has 0 N–H and O–H groups in total. The lowest BCUT2D eigenvalue weighted by atomic mass is 10.3. The van der Waals surface area contributed by atoms with Gasteiger partial charge in [0.2, 0.25) is 5.91 Å². The molecule has 0 saturated carbocycles. The van der Waals surface area contributed by atoms with Gasteiger partial charge in [0, 0.05) is 20.1 Å². The second-order valence-corrected chi connectivity index (χ2v) is 5.20. The number of amides is 2. The number of benzene rings is 1. The first kappa shape index (κ1) is 18.8. The van der Waals surface area contributed by atoms with E-state index in [9.17, 15) is 9.59 Å². The Bertz CT molecular complexity index is 512. The molecule has 1 atom stereocenters. The Kier molecular flexibility index (Phi) is 7.38. The van der Waals surface area contributed by atoms with Gasteiger partial charge in [-0.3, -0.25) is 9.59 Å². The van der Waals surface area contributed by atoms with Crippen molar-refractivity contribution in [3.05, 3.63) is 24.3 Å². The zero-order valence-electron chi connectivity index (χ0n) is 14.5. The van der Waals surface area contributed by atoms with E-state index in [0.29, 0.717) is 18.8 Å². The van der Waals surface area contributed by atoms with Gasteiger partial charge in [-0.15, -0.1) is 0 Å². The van der Waals surface area contributed by atoms with Crippen LogP contribution in [0.5, 0.6) is 11.5 Å². The minimum atomic E-state index is -0.669. The summed E-state index contributed by atoms with van der Waals surface area (Å²) in [6.07, 6.45) is -0.669. The highest BCUT2D eigenvalue weighted by Gasteiger charge is 2.22. The Morgan fingerprint density at radius 1 is 1.09 bits per heavy atom. The van der Waals surface area contributed by atoms with E-state index in [2.05, 4.69) is 0 Å². The van der Waals surface area contributed by atoms with Crippen molar-refractivity contribution in [3.63, 3.8) is 0 Å². The number of carbonyl (C=O) groups is 2. The molecule has 0 aliphatic carbocycles. The number of nitrogens with zero attached hydrogens (tertiary/aromatic N) is 2. The van der Waals surface area contributed by atoms with Crippen LogP contribution in [0, 0.1) is 0 Å². The SMILES string of the molecule is CCN(CC)C(=O)CN(C)C(=O)C(C)Oc1ccc(OC)cc1. The van der Waals surface area contributed by atoms with Gasteiger partial charge in [-0.1, -0.05) is 0 Å². The third kappa shape index (κ3) is 5.47. The number of likely N-dealkylation sites (N-methyl/N-ethyl adjacent to an activating group) is 2. The largest absolute Gasteiger partial charge is 0.497 e. The Morgan fingerprint density at radius 3 is 2.09 bits per heavy atom. The normalized spacial score (nSPS) is 11.5. The van der Waals surface area contributed by atoms with Crippen LogP contribution in [0.25, 0.3) is 0 Å². The molecule has 23 heavy (non-hydrogen) atoms. The summed E-state index contributed by atoms with van der Waals surface area (Å²) in [6.45, 7) is 6.82. The van der Waals surface area contributed by atoms with Crippen molar-refractivity contribution in [1.29, 1.82) is 0 Å². The average Bonchev–Trinajstić information content (AvgIpc) is 2.55. The zero-order valence-corrected chi connectivity index (χ0v) is 14.5. The highest BCUT2D eigenvalue weighted by Crippen LogP contribution is 2.18. The molecule has 0 fully saturated rings. The van der Waals surface area contributed by atoms with Gasteiger partial charge in [-0.05, 0) is 45.0 Å². The summed E-state index contributed by atoms with van der Waals surface area (Å²) in [5.41, 5.74) is 0. The summed E-state index contributed by atoms with van der Waals surface area (Å²) in [7, 11) is 3.20. The molecular formula is C17H26N2O4. The van der Waals surface area contributed by atoms with Gasteiger partial charge in [0.15, 0.2) is 6.10 Å². The van der Waals surface area contributed by atoms with Crippen LogP contribution in [0.3, 0.4) is 0 Å². The number of methoxy groups -OCH3 is 1. The fraction of sp³-hybridized carbons (Fsp3) is 0.529. The molecule has 6 heteroatoms. The number of ether oxygens (including phenoxy) is 2. The molecule has 2 amide bonds. The number of carbonyl (C=O) groups excluding carboxylic acids is 2. The van der Waals surface area contributed by atoms with Gasteiger partial charge in [0.05, 0.1) is 13.7 Å². The van der Waals surface area contributed by atoms with Crippen molar-refractivity contribution in [1.82, 2.24) is 9.80 Å². The van der Waals surface area contributed by atoms with E-state index in [-0.39, 0.29) is 18.4 Å². The predicted molar refractivity (Wildman–Crippen MR) is 88.6 cm³/mol. The summed E-state index contributed by atoms with van der Waals surface area (Å²) >= 11 is 0. The van der Waals surface area contributed by atoms with Crippen LogP contribution in [0.15, 0.2) is 24.3 Å². The smallest absolute Gasteiger partial charge is 0.263 e. The molecule has 1 aromatic carbocycles. The lowest BCUT2D eigenvalue weighted by Gasteiger charge is -2.25. The lowest BCUT2D eigenvalue weighted by molar-refractivity contribution is -0.143. The van der Waals surface area contributed by atoms with Crippen LogP contribution in [0.4, 0.5) is 0 Å². The van der Waals surface area contributed by atoms with Gasteiger partial charge in [-0.2, -0.15) is 0 Å². The molecule has 0 radical (unpaired) electrons. The van der Waals surface area contributed by atoms with Crippen molar-refractivity contribution < 1.29 is 19.1 Å². The van der Waals surface area contributed by atoms with Crippen LogP contribution in [-0.4, -0.2) is 61.5 Å². The molecule has 0 aliphatic heterocycles. The molecule has 1 rings (SSSR count). The van der Waals surface area contributed by atoms with Gasteiger partial charge in [0.25, 0.3) is 5.91 Å². The van der Waals surface area contributed by atoms with Crippen molar-refractivity contribution in [2.75, 3.05) is 33.8 Å². The van der Waals surface area contributed by atoms with Crippen LogP contribution in [0.1, 0.15) is 20.8 Å². The fourth-order valence-electron chi connectivity index (χ4n) is 2.18. The van der Waals surface area contributed by atoms with Gasteiger partial charge < -0.3 is 19.3 Å². The van der Waals surface area contributed by atoms with Crippen molar-refractivity contribution >= 4 is 11.8 Å².